The van der Waals surface area contributed by atoms with Gasteiger partial charge in [-0.2, -0.15) is 5.26 Å². The number of hydrogen-bond acceptors (Lipinski definition) is 2. The predicted molar refractivity (Wildman–Crippen MR) is 92.2 cm³/mol. The second kappa shape index (κ2) is 7.58. The molecule has 1 amide bonds. The molecule has 0 aliphatic heterocycles. The molecule has 110 valence electrons. The Balaban J connectivity index is 2.16. The molecular weight excluding hydrogens is 340 g/mol. The summed E-state index contributed by atoms with van der Waals surface area (Å²) in [7, 11) is 0. The number of anilines is 1. The lowest BCUT2D eigenvalue weighted by Crippen LogP contribution is -2.13. The fraction of sp³-hybridized carbons (Fsp3) is 0.111. The zero-order chi connectivity index (χ0) is 15.9. The number of nitrogens with one attached hydrogen (secondary N) is 1. The highest BCUT2D eigenvalue weighted by atomic mass is 79.9. The van der Waals surface area contributed by atoms with Crippen LogP contribution in [-0.4, -0.2) is 5.91 Å². The van der Waals surface area contributed by atoms with E-state index >= 15 is 0 Å². The van der Waals surface area contributed by atoms with Crippen molar-refractivity contribution in [3.05, 3.63) is 69.7 Å². The van der Waals surface area contributed by atoms with E-state index in [1.54, 1.807) is 6.08 Å². The van der Waals surface area contributed by atoms with Gasteiger partial charge in [0.05, 0.1) is 0 Å². The third-order valence-electron chi connectivity index (χ3n) is 3.14. The largest absolute Gasteiger partial charge is 0.321 e. The summed E-state index contributed by atoms with van der Waals surface area (Å²) in [5.41, 5.74) is 2.74. The van der Waals surface area contributed by atoms with Crippen LogP contribution >= 0.6 is 15.9 Å². The topological polar surface area (TPSA) is 52.9 Å². The summed E-state index contributed by atoms with van der Waals surface area (Å²) in [6, 6.07) is 17.0. The second-order valence-corrected chi connectivity index (χ2v) is 5.65. The molecule has 2 aromatic carbocycles. The molecule has 0 aliphatic carbocycles. The lowest BCUT2D eigenvalue weighted by Gasteiger charge is -2.05. The van der Waals surface area contributed by atoms with Crippen LogP contribution < -0.4 is 5.32 Å². The van der Waals surface area contributed by atoms with Gasteiger partial charge in [0, 0.05) is 10.2 Å². The third-order valence-corrected chi connectivity index (χ3v) is 3.64. The third kappa shape index (κ3) is 4.31. The van der Waals surface area contributed by atoms with Crippen molar-refractivity contribution in [3.63, 3.8) is 0 Å². The van der Waals surface area contributed by atoms with Gasteiger partial charge < -0.3 is 5.32 Å². The number of carbonyl (C=O) groups is 1. The van der Waals surface area contributed by atoms with Gasteiger partial charge >= 0.3 is 0 Å². The van der Waals surface area contributed by atoms with Crippen LogP contribution in [0.25, 0.3) is 6.08 Å². The highest BCUT2D eigenvalue weighted by Gasteiger charge is 2.09. The fourth-order valence-corrected chi connectivity index (χ4v) is 2.35. The lowest BCUT2D eigenvalue weighted by atomic mass is 10.1. The zero-order valence-corrected chi connectivity index (χ0v) is 13.7. The lowest BCUT2D eigenvalue weighted by molar-refractivity contribution is -0.112. The molecule has 0 unspecified atom stereocenters. The van der Waals surface area contributed by atoms with E-state index in [1.165, 1.54) is 5.56 Å². The van der Waals surface area contributed by atoms with Gasteiger partial charge in [0.2, 0.25) is 0 Å². The Morgan fingerprint density at radius 2 is 2.00 bits per heavy atom. The highest BCUT2D eigenvalue weighted by Crippen LogP contribution is 2.16. The minimum absolute atomic E-state index is 0.0673. The van der Waals surface area contributed by atoms with Crippen LogP contribution in [0, 0.1) is 11.3 Å². The fourth-order valence-electron chi connectivity index (χ4n) is 1.93. The van der Waals surface area contributed by atoms with Crippen molar-refractivity contribution in [2.45, 2.75) is 13.3 Å². The summed E-state index contributed by atoms with van der Waals surface area (Å²) in [4.78, 5) is 12.2. The predicted octanol–water partition coefficient (Wildman–Crippen LogP) is 4.56. The number of halogens is 1. The molecule has 0 saturated carbocycles. The Labute approximate surface area is 138 Å². The van der Waals surface area contributed by atoms with Gasteiger partial charge in [0.25, 0.3) is 5.91 Å². The Kier molecular flexibility index (Phi) is 5.51. The first-order valence-electron chi connectivity index (χ1n) is 6.90. The first-order chi connectivity index (χ1) is 10.6. The average Bonchev–Trinajstić information content (AvgIpc) is 2.53. The van der Waals surface area contributed by atoms with E-state index in [-0.39, 0.29) is 5.57 Å². The summed E-state index contributed by atoms with van der Waals surface area (Å²) >= 11 is 3.37. The summed E-state index contributed by atoms with van der Waals surface area (Å²) in [5, 5.41) is 11.9. The average molecular weight is 355 g/mol. The van der Waals surface area contributed by atoms with Crippen molar-refractivity contribution in [1.29, 1.82) is 5.26 Å². The van der Waals surface area contributed by atoms with Crippen LogP contribution in [0.2, 0.25) is 0 Å². The first-order valence-corrected chi connectivity index (χ1v) is 7.69. The van der Waals surface area contributed by atoms with E-state index in [1.807, 2.05) is 54.6 Å². The molecule has 0 bridgehead atoms. The van der Waals surface area contributed by atoms with Crippen molar-refractivity contribution >= 4 is 33.6 Å². The maximum Gasteiger partial charge on any atom is 0.266 e. The van der Waals surface area contributed by atoms with Crippen LogP contribution in [-0.2, 0) is 11.2 Å². The number of benzene rings is 2. The monoisotopic (exact) mass is 354 g/mol. The van der Waals surface area contributed by atoms with E-state index in [0.717, 1.165) is 16.5 Å². The molecule has 1 N–H and O–H groups in total. The van der Waals surface area contributed by atoms with Gasteiger partial charge in [-0.25, -0.2) is 0 Å². The molecule has 0 heterocycles. The number of amides is 1. The van der Waals surface area contributed by atoms with E-state index in [9.17, 15) is 10.1 Å². The molecule has 0 aromatic heterocycles. The van der Waals surface area contributed by atoms with Gasteiger partial charge in [-0.15, -0.1) is 0 Å². The SMILES string of the molecule is CCc1ccc(NC(=O)/C(C#N)=C/c2cccc(Br)c2)cc1. The number of hydrogen-bond donors (Lipinski definition) is 1. The Bertz CT molecular complexity index is 742. The van der Waals surface area contributed by atoms with E-state index in [2.05, 4.69) is 28.2 Å². The van der Waals surface area contributed by atoms with Crippen LogP contribution in [0.3, 0.4) is 0 Å². The van der Waals surface area contributed by atoms with Crippen LogP contribution in [0.15, 0.2) is 58.6 Å². The molecule has 0 spiro atoms. The zero-order valence-electron chi connectivity index (χ0n) is 12.1. The summed E-state index contributed by atoms with van der Waals surface area (Å²) < 4.78 is 0.897. The van der Waals surface area contributed by atoms with E-state index < -0.39 is 5.91 Å². The summed E-state index contributed by atoms with van der Waals surface area (Å²) in [6.45, 7) is 2.07. The summed E-state index contributed by atoms with van der Waals surface area (Å²) in [6.07, 6.45) is 2.51. The number of nitriles is 1. The Hall–Kier alpha value is -2.38. The maximum absolute atomic E-state index is 12.2. The number of nitrogens with zero attached hydrogens (tertiary/aromatic N) is 1. The smallest absolute Gasteiger partial charge is 0.266 e. The molecule has 3 nitrogen and oxygen atoms in total. The van der Waals surface area contributed by atoms with Crippen LogP contribution in [0.4, 0.5) is 5.69 Å². The van der Waals surface area contributed by atoms with Gasteiger partial charge in [0.1, 0.15) is 11.6 Å². The molecule has 2 aromatic rings. The highest BCUT2D eigenvalue weighted by molar-refractivity contribution is 9.10. The van der Waals surface area contributed by atoms with Crippen molar-refractivity contribution in [3.8, 4) is 6.07 Å². The van der Waals surface area contributed by atoms with E-state index in [4.69, 9.17) is 0 Å². The van der Waals surface area contributed by atoms with Crippen LogP contribution in [0.5, 0.6) is 0 Å². The molecule has 0 atom stereocenters. The van der Waals surface area contributed by atoms with Gasteiger partial charge in [-0.1, -0.05) is 47.1 Å². The molecule has 2 rings (SSSR count). The van der Waals surface area contributed by atoms with Crippen LogP contribution in [0.1, 0.15) is 18.1 Å². The second-order valence-electron chi connectivity index (χ2n) is 4.73. The molecule has 0 aliphatic rings. The van der Waals surface area contributed by atoms with Gasteiger partial charge in [-0.3, -0.25) is 4.79 Å². The molecule has 0 radical (unpaired) electrons. The van der Waals surface area contributed by atoms with Crippen molar-refractivity contribution in [1.82, 2.24) is 0 Å². The minimum atomic E-state index is -0.410. The quantitative estimate of drug-likeness (QED) is 0.646. The Morgan fingerprint density at radius 1 is 1.27 bits per heavy atom. The minimum Gasteiger partial charge on any atom is -0.321 e. The Morgan fingerprint density at radius 3 is 2.59 bits per heavy atom. The normalized spacial score (nSPS) is 10.9. The number of carbonyl (C=O) groups excluding carboxylic acids is 1. The number of aryl methyl sites for hydroxylation is 1. The summed E-state index contributed by atoms with van der Waals surface area (Å²) in [5.74, 6) is -0.410. The molecule has 0 saturated heterocycles. The molecule has 0 fully saturated rings. The maximum atomic E-state index is 12.2. The standard InChI is InChI=1S/C18H15BrN2O/c1-2-13-6-8-17(9-7-13)21-18(22)15(12-20)10-14-4-3-5-16(19)11-14/h3-11H,2H2,1H3,(H,21,22)/b15-10+. The molecular formula is C18H15BrN2O. The first kappa shape index (κ1) is 16.0. The van der Waals surface area contributed by atoms with Crippen molar-refractivity contribution in [2.24, 2.45) is 0 Å². The molecule has 22 heavy (non-hydrogen) atoms. The van der Waals surface area contributed by atoms with Gasteiger partial charge in [-0.05, 0) is 47.9 Å². The number of rotatable bonds is 4. The molecule has 4 heteroatoms. The van der Waals surface area contributed by atoms with E-state index in [0.29, 0.717) is 5.69 Å². The van der Waals surface area contributed by atoms with Gasteiger partial charge in [0.15, 0.2) is 0 Å². The van der Waals surface area contributed by atoms with Crippen molar-refractivity contribution < 1.29 is 4.79 Å². The van der Waals surface area contributed by atoms with Crippen molar-refractivity contribution in [2.75, 3.05) is 5.32 Å².